The first-order valence-corrected chi connectivity index (χ1v) is 9.20. The van der Waals surface area contributed by atoms with Crippen LogP contribution in [0.15, 0.2) is 42.6 Å². The average Bonchev–Trinajstić information content (AvgIpc) is 2.63. The van der Waals surface area contributed by atoms with Crippen LogP contribution in [0.25, 0.3) is 0 Å². The molecular weight excluding hydrogens is 367 g/mol. The van der Waals surface area contributed by atoms with Gasteiger partial charge < -0.3 is 9.47 Å². The Balaban J connectivity index is 1.53. The van der Waals surface area contributed by atoms with E-state index in [1.165, 1.54) is 24.3 Å². The van der Waals surface area contributed by atoms with Gasteiger partial charge in [-0.3, -0.25) is 10.1 Å². The van der Waals surface area contributed by atoms with Crippen molar-refractivity contribution in [1.29, 1.82) is 0 Å². The lowest BCUT2D eigenvalue weighted by Crippen LogP contribution is -2.46. The first kappa shape index (κ1) is 18.3. The number of carbonyl (C=O) groups is 1. The molecule has 0 radical (unpaired) electrons. The minimum atomic E-state index is -1.08. The third-order valence-corrected chi connectivity index (χ3v) is 5.30. The number of aromatic nitrogens is 1. The van der Waals surface area contributed by atoms with E-state index in [2.05, 4.69) is 4.98 Å². The van der Waals surface area contributed by atoms with Gasteiger partial charge in [0.2, 0.25) is 5.88 Å². The van der Waals surface area contributed by atoms with Gasteiger partial charge in [0.1, 0.15) is 17.9 Å². The van der Waals surface area contributed by atoms with E-state index in [9.17, 15) is 19.3 Å². The van der Waals surface area contributed by atoms with Crippen LogP contribution >= 0.6 is 0 Å². The normalized spacial score (nSPS) is 24.0. The number of nitrogens with zero attached hydrogens (tertiary/aromatic N) is 2. The maximum atomic E-state index is 13.8. The molecule has 0 bridgehead atoms. The molecule has 1 heterocycles. The summed E-state index contributed by atoms with van der Waals surface area (Å²) in [5.41, 5.74) is -0.391. The van der Waals surface area contributed by atoms with Crippen LogP contribution in [0, 0.1) is 10.1 Å². The number of benzene rings is 1. The van der Waals surface area contributed by atoms with E-state index in [-0.39, 0.29) is 30.2 Å². The Morgan fingerprint density at radius 3 is 2.50 bits per heavy atom. The van der Waals surface area contributed by atoms with E-state index in [1.807, 2.05) is 0 Å². The SMILES string of the molecule is O=C(OC1(c2ccnc(OC3CCC3)c2)CC(F)C1)c1ccc([N+](=O)[O-])cc1. The van der Waals surface area contributed by atoms with Crippen molar-refractivity contribution in [2.24, 2.45) is 0 Å². The van der Waals surface area contributed by atoms with Crippen LogP contribution in [0.2, 0.25) is 0 Å². The van der Waals surface area contributed by atoms with E-state index >= 15 is 0 Å². The third kappa shape index (κ3) is 3.54. The highest BCUT2D eigenvalue weighted by molar-refractivity contribution is 5.90. The number of carbonyl (C=O) groups excluding carboxylic acids is 1. The van der Waals surface area contributed by atoms with Crippen LogP contribution < -0.4 is 4.74 Å². The molecule has 0 saturated heterocycles. The van der Waals surface area contributed by atoms with Gasteiger partial charge in [-0.25, -0.2) is 14.2 Å². The Morgan fingerprint density at radius 1 is 1.21 bits per heavy atom. The highest BCUT2D eigenvalue weighted by Crippen LogP contribution is 2.47. The first-order valence-electron chi connectivity index (χ1n) is 9.20. The van der Waals surface area contributed by atoms with Gasteiger partial charge in [0.15, 0.2) is 0 Å². The number of rotatable bonds is 6. The monoisotopic (exact) mass is 386 g/mol. The van der Waals surface area contributed by atoms with Crippen molar-refractivity contribution in [3.8, 4) is 5.88 Å². The fraction of sp³-hybridized carbons (Fsp3) is 0.400. The van der Waals surface area contributed by atoms with Gasteiger partial charge in [-0.05, 0) is 37.5 Å². The molecule has 0 spiro atoms. The lowest BCUT2D eigenvalue weighted by atomic mass is 9.73. The van der Waals surface area contributed by atoms with Crippen molar-refractivity contribution < 1.29 is 23.6 Å². The summed E-state index contributed by atoms with van der Waals surface area (Å²) < 4.78 is 25.2. The highest BCUT2D eigenvalue weighted by atomic mass is 19.1. The van der Waals surface area contributed by atoms with Gasteiger partial charge in [-0.2, -0.15) is 0 Å². The maximum absolute atomic E-state index is 13.8. The molecule has 28 heavy (non-hydrogen) atoms. The second-order valence-electron chi connectivity index (χ2n) is 7.25. The molecule has 2 aliphatic rings. The predicted molar refractivity (Wildman–Crippen MR) is 96.8 cm³/mol. The molecule has 2 aromatic rings. The second-order valence-corrected chi connectivity index (χ2v) is 7.25. The van der Waals surface area contributed by atoms with Gasteiger partial charge in [0.25, 0.3) is 5.69 Å². The number of hydrogen-bond donors (Lipinski definition) is 0. The zero-order valence-corrected chi connectivity index (χ0v) is 15.0. The van der Waals surface area contributed by atoms with Crippen molar-refractivity contribution >= 4 is 11.7 Å². The van der Waals surface area contributed by atoms with Gasteiger partial charge in [-0.15, -0.1) is 0 Å². The number of esters is 1. The van der Waals surface area contributed by atoms with E-state index in [0.717, 1.165) is 19.3 Å². The third-order valence-electron chi connectivity index (χ3n) is 5.30. The van der Waals surface area contributed by atoms with Crippen molar-refractivity contribution in [3.05, 3.63) is 63.8 Å². The van der Waals surface area contributed by atoms with E-state index in [1.54, 1.807) is 18.3 Å². The smallest absolute Gasteiger partial charge is 0.339 e. The summed E-state index contributed by atoms with van der Waals surface area (Å²) in [6, 6.07) is 8.53. The van der Waals surface area contributed by atoms with Crippen LogP contribution in [-0.2, 0) is 10.3 Å². The molecule has 0 N–H and O–H groups in total. The van der Waals surface area contributed by atoms with Crippen LogP contribution in [0.5, 0.6) is 5.88 Å². The standard InChI is InChI=1S/C20H19FN2O5/c21-15-11-20(12-15,14-8-9-22-18(10-14)27-17-2-1-3-17)28-19(24)13-4-6-16(7-5-13)23(25)26/h4-10,15,17H,1-3,11-12H2. The van der Waals surface area contributed by atoms with Gasteiger partial charge in [0, 0.05) is 42.8 Å². The summed E-state index contributed by atoms with van der Waals surface area (Å²) in [7, 11) is 0. The van der Waals surface area contributed by atoms with E-state index in [0.29, 0.717) is 11.4 Å². The number of alkyl halides is 1. The Labute approximate surface area is 160 Å². The zero-order chi connectivity index (χ0) is 19.7. The molecule has 0 aliphatic heterocycles. The minimum Gasteiger partial charge on any atom is -0.474 e. The number of hydrogen-bond acceptors (Lipinski definition) is 6. The van der Waals surface area contributed by atoms with Crippen LogP contribution in [-0.4, -0.2) is 28.2 Å². The van der Waals surface area contributed by atoms with Crippen molar-refractivity contribution in [1.82, 2.24) is 4.98 Å². The number of halogens is 1. The first-order chi connectivity index (χ1) is 13.4. The lowest BCUT2D eigenvalue weighted by molar-refractivity contribution is -0.384. The average molecular weight is 386 g/mol. The minimum absolute atomic E-state index is 0.0542. The Hall–Kier alpha value is -3.03. The number of non-ortho nitro benzene ring substituents is 1. The van der Waals surface area contributed by atoms with Gasteiger partial charge >= 0.3 is 5.97 Å². The molecule has 2 aliphatic carbocycles. The Morgan fingerprint density at radius 2 is 1.93 bits per heavy atom. The van der Waals surface area contributed by atoms with Crippen LogP contribution in [0.3, 0.4) is 0 Å². The Bertz CT molecular complexity index is 892. The van der Waals surface area contributed by atoms with Crippen molar-refractivity contribution in [2.45, 2.75) is 50.0 Å². The molecule has 0 atom stereocenters. The molecule has 7 nitrogen and oxygen atoms in total. The number of pyridine rings is 1. The van der Waals surface area contributed by atoms with Crippen molar-refractivity contribution in [2.75, 3.05) is 0 Å². The molecule has 8 heteroatoms. The lowest BCUT2D eigenvalue weighted by Gasteiger charge is -2.43. The molecule has 2 fully saturated rings. The number of ether oxygens (including phenoxy) is 2. The summed E-state index contributed by atoms with van der Waals surface area (Å²) in [5, 5.41) is 10.8. The topological polar surface area (TPSA) is 91.6 Å². The summed E-state index contributed by atoms with van der Waals surface area (Å²) in [6.07, 6.45) is 3.86. The Kier molecular flexibility index (Phi) is 4.70. The second kappa shape index (κ2) is 7.18. The van der Waals surface area contributed by atoms with E-state index < -0.39 is 22.7 Å². The zero-order valence-electron chi connectivity index (χ0n) is 15.0. The van der Waals surface area contributed by atoms with Crippen molar-refractivity contribution in [3.63, 3.8) is 0 Å². The fourth-order valence-corrected chi connectivity index (χ4v) is 3.41. The highest BCUT2D eigenvalue weighted by Gasteiger charge is 2.50. The largest absolute Gasteiger partial charge is 0.474 e. The summed E-state index contributed by atoms with van der Waals surface area (Å²) >= 11 is 0. The molecule has 1 aromatic heterocycles. The molecule has 0 amide bonds. The molecule has 146 valence electrons. The number of nitro benzene ring substituents is 1. The molecule has 0 unspecified atom stereocenters. The van der Waals surface area contributed by atoms with Gasteiger partial charge in [0.05, 0.1) is 10.5 Å². The fourth-order valence-electron chi connectivity index (χ4n) is 3.41. The molecule has 1 aromatic carbocycles. The quantitative estimate of drug-likeness (QED) is 0.422. The predicted octanol–water partition coefficient (Wildman–Crippen LogP) is 4.11. The maximum Gasteiger partial charge on any atom is 0.339 e. The van der Waals surface area contributed by atoms with Crippen LogP contribution in [0.4, 0.5) is 10.1 Å². The summed E-state index contributed by atoms with van der Waals surface area (Å²) in [6.45, 7) is 0. The molecular formula is C20H19FN2O5. The summed E-state index contributed by atoms with van der Waals surface area (Å²) in [4.78, 5) is 27.0. The van der Waals surface area contributed by atoms with Gasteiger partial charge in [-0.1, -0.05) is 0 Å². The number of nitro groups is 1. The molecule has 2 saturated carbocycles. The van der Waals surface area contributed by atoms with Crippen LogP contribution in [0.1, 0.15) is 48.0 Å². The van der Waals surface area contributed by atoms with E-state index in [4.69, 9.17) is 9.47 Å². The molecule has 4 rings (SSSR count). The summed E-state index contributed by atoms with van der Waals surface area (Å²) in [5.74, 6) is -0.213.